The molecule has 1 aromatic heterocycles. The maximum absolute atomic E-state index is 13.5. The Labute approximate surface area is 274 Å². The number of carbonyl (C=O) groups excluding carboxylic acids is 3. The van der Waals surface area contributed by atoms with Crippen molar-refractivity contribution in [3.63, 3.8) is 0 Å². The molecular weight excluding hydrogens is 621 g/mol. The molecule has 3 N–H and O–H groups in total. The molecule has 0 spiro atoms. The van der Waals surface area contributed by atoms with Gasteiger partial charge in [0.2, 0.25) is 5.91 Å². The van der Waals surface area contributed by atoms with Crippen molar-refractivity contribution in [1.29, 1.82) is 0 Å². The third-order valence-electron chi connectivity index (χ3n) is 6.53. The summed E-state index contributed by atoms with van der Waals surface area (Å²) in [7, 11) is 3.05. The number of nitrogens with one attached hydrogen (secondary N) is 3. The van der Waals surface area contributed by atoms with Gasteiger partial charge < -0.3 is 25.4 Å². The first-order valence-electron chi connectivity index (χ1n) is 14.1. The number of hydrogen-bond acceptors (Lipinski definition) is 8. The van der Waals surface area contributed by atoms with Gasteiger partial charge in [0, 0.05) is 27.1 Å². The molecule has 5 aromatic rings. The lowest BCUT2D eigenvalue weighted by atomic mass is 10.1. The minimum Gasteiger partial charge on any atom is -0.493 e. The number of aromatic nitrogens is 1. The van der Waals surface area contributed by atoms with Gasteiger partial charge >= 0.3 is 0 Å². The smallest absolute Gasteiger partial charge is 0.272 e. The van der Waals surface area contributed by atoms with Crippen LogP contribution in [0.3, 0.4) is 0 Å². The van der Waals surface area contributed by atoms with E-state index in [1.54, 1.807) is 72.8 Å². The van der Waals surface area contributed by atoms with E-state index in [-0.39, 0.29) is 17.4 Å². The van der Waals surface area contributed by atoms with Gasteiger partial charge in [0.15, 0.2) is 16.6 Å². The molecule has 0 aliphatic carbocycles. The predicted molar refractivity (Wildman–Crippen MR) is 183 cm³/mol. The molecule has 0 saturated carbocycles. The molecule has 0 bridgehead atoms. The topological polar surface area (TPSA) is 119 Å². The molecule has 0 aliphatic rings. The standard InChI is InChI=1S/C35H30N4O5S2/c1-43-30-17-16-23(19-31(30)44-2)18-28(37-33(41)25-12-7-4-8-13-25)34(42)36-26-14-9-15-27(20-26)45-22-32(40)39-35-38-29(21-46-35)24-10-5-3-6-11-24/h3-21H,22H2,1-2H3,(H,36,42)(H,37,41)(H,38,39,40)/b28-18+. The second-order valence-corrected chi connectivity index (χ2v) is 11.6. The summed E-state index contributed by atoms with van der Waals surface area (Å²) in [5.41, 5.74) is 3.32. The average molecular weight is 651 g/mol. The van der Waals surface area contributed by atoms with Crippen LogP contribution in [0.25, 0.3) is 17.3 Å². The molecule has 11 heteroatoms. The van der Waals surface area contributed by atoms with Crippen molar-refractivity contribution in [2.75, 3.05) is 30.6 Å². The molecule has 9 nitrogen and oxygen atoms in total. The van der Waals surface area contributed by atoms with Crippen molar-refractivity contribution >= 4 is 57.7 Å². The van der Waals surface area contributed by atoms with Crippen molar-refractivity contribution in [3.05, 3.63) is 125 Å². The number of rotatable bonds is 12. The first-order valence-corrected chi connectivity index (χ1v) is 15.9. The fraction of sp³-hybridized carbons (Fsp3) is 0.0857. The average Bonchev–Trinajstić information content (AvgIpc) is 3.56. The van der Waals surface area contributed by atoms with Crippen LogP contribution >= 0.6 is 23.1 Å². The van der Waals surface area contributed by atoms with Crippen LogP contribution in [0.15, 0.2) is 119 Å². The molecule has 0 aliphatic heterocycles. The van der Waals surface area contributed by atoms with Crippen LogP contribution in [0.4, 0.5) is 10.8 Å². The molecular formula is C35H30N4O5S2. The number of anilines is 2. The summed E-state index contributed by atoms with van der Waals surface area (Å²) in [5.74, 6) is -0.00543. The van der Waals surface area contributed by atoms with E-state index in [0.717, 1.165) is 16.2 Å². The Morgan fingerprint density at radius 3 is 2.30 bits per heavy atom. The van der Waals surface area contributed by atoms with Gasteiger partial charge in [-0.15, -0.1) is 23.1 Å². The van der Waals surface area contributed by atoms with Crippen LogP contribution in [-0.2, 0) is 9.59 Å². The van der Waals surface area contributed by atoms with Crippen molar-refractivity contribution in [3.8, 4) is 22.8 Å². The Kier molecular flexibility index (Phi) is 10.8. The minimum absolute atomic E-state index is 0.0248. The Morgan fingerprint density at radius 1 is 0.826 bits per heavy atom. The molecule has 0 fully saturated rings. The van der Waals surface area contributed by atoms with Crippen molar-refractivity contribution in [1.82, 2.24) is 10.3 Å². The molecule has 46 heavy (non-hydrogen) atoms. The number of methoxy groups -OCH3 is 2. The van der Waals surface area contributed by atoms with Crippen molar-refractivity contribution in [2.24, 2.45) is 0 Å². The summed E-state index contributed by atoms with van der Waals surface area (Å²) in [6.45, 7) is 0. The highest BCUT2D eigenvalue weighted by atomic mass is 32.2. The van der Waals surface area contributed by atoms with E-state index in [2.05, 4.69) is 20.9 Å². The zero-order valence-electron chi connectivity index (χ0n) is 25.0. The van der Waals surface area contributed by atoms with Gasteiger partial charge in [-0.2, -0.15) is 0 Å². The van der Waals surface area contributed by atoms with E-state index in [1.807, 2.05) is 41.8 Å². The highest BCUT2D eigenvalue weighted by Gasteiger charge is 2.16. The van der Waals surface area contributed by atoms with Crippen LogP contribution in [-0.4, -0.2) is 42.7 Å². The number of hydrogen-bond donors (Lipinski definition) is 3. The van der Waals surface area contributed by atoms with E-state index in [1.165, 1.54) is 37.3 Å². The van der Waals surface area contributed by atoms with E-state index in [0.29, 0.717) is 33.4 Å². The van der Waals surface area contributed by atoms with E-state index in [9.17, 15) is 14.4 Å². The van der Waals surface area contributed by atoms with Crippen LogP contribution in [0, 0.1) is 0 Å². The van der Waals surface area contributed by atoms with E-state index in [4.69, 9.17) is 9.47 Å². The molecule has 3 amide bonds. The first kappa shape index (κ1) is 32.0. The van der Waals surface area contributed by atoms with Crippen LogP contribution < -0.4 is 25.4 Å². The maximum Gasteiger partial charge on any atom is 0.272 e. The maximum atomic E-state index is 13.5. The molecule has 232 valence electrons. The summed E-state index contributed by atoms with van der Waals surface area (Å²) in [6.07, 6.45) is 1.56. The normalized spacial score (nSPS) is 11.0. The fourth-order valence-electron chi connectivity index (χ4n) is 4.29. The van der Waals surface area contributed by atoms with Crippen molar-refractivity contribution in [2.45, 2.75) is 4.90 Å². The number of benzene rings is 4. The third kappa shape index (κ3) is 8.62. The van der Waals surface area contributed by atoms with Gasteiger partial charge in [-0.3, -0.25) is 14.4 Å². The molecule has 0 radical (unpaired) electrons. The lowest BCUT2D eigenvalue weighted by molar-refractivity contribution is -0.114. The minimum atomic E-state index is -0.531. The zero-order valence-corrected chi connectivity index (χ0v) is 26.6. The molecule has 4 aromatic carbocycles. The highest BCUT2D eigenvalue weighted by molar-refractivity contribution is 8.00. The summed E-state index contributed by atoms with van der Waals surface area (Å²) < 4.78 is 10.7. The Morgan fingerprint density at radius 2 is 1.57 bits per heavy atom. The lowest BCUT2D eigenvalue weighted by Gasteiger charge is -2.13. The van der Waals surface area contributed by atoms with Crippen LogP contribution in [0.5, 0.6) is 11.5 Å². The third-order valence-corrected chi connectivity index (χ3v) is 8.28. The zero-order chi connectivity index (χ0) is 32.3. The monoisotopic (exact) mass is 650 g/mol. The van der Waals surface area contributed by atoms with Gasteiger partial charge in [-0.05, 0) is 54.1 Å². The van der Waals surface area contributed by atoms with Gasteiger partial charge in [-0.1, -0.05) is 60.7 Å². The number of ether oxygens (including phenoxy) is 2. The summed E-state index contributed by atoms with van der Waals surface area (Å²) in [4.78, 5) is 44.5. The molecule has 0 atom stereocenters. The molecule has 0 unspecified atom stereocenters. The molecule has 5 rings (SSSR count). The van der Waals surface area contributed by atoms with Crippen molar-refractivity contribution < 1.29 is 23.9 Å². The largest absolute Gasteiger partial charge is 0.493 e. The summed E-state index contributed by atoms with van der Waals surface area (Å²) in [6, 6.07) is 30.7. The number of thioether (sulfide) groups is 1. The van der Waals surface area contributed by atoms with Crippen LogP contribution in [0.2, 0.25) is 0 Å². The number of carbonyl (C=O) groups is 3. The lowest BCUT2D eigenvalue weighted by Crippen LogP contribution is -2.30. The summed E-state index contributed by atoms with van der Waals surface area (Å²) in [5, 5.41) is 10.9. The Bertz CT molecular complexity index is 1860. The first-order chi connectivity index (χ1) is 22.4. The predicted octanol–water partition coefficient (Wildman–Crippen LogP) is 6.97. The molecule has 0 saturated heterocycles. The number of nitrogens with zero attached hydrogens (tertiary/aromatic N) is 1. The van der Waals surface area contributed by atoms with Gasteiger partial charge in [0.05, 0.1) is 25.7 Å². The number of thiazole rings is 1. The Balaban J connectivity index is 1.26. The Hall–Kier alpha value is -5.39. The highest BCUT2D eigenvalue weighted by Crippen LogP contribution is 2.29. The van der Waals surface area contributed by atoms with Crippen LogP contribution in [0.1, 0.15) is 15.9 Å². The van der Waals surface area contributed by atoms with Gasteiger partial charge in [-0.25, -0.2) is 4.98 Å². The van der Waals surface area contributed by atoms with E-state index >= 15 is 0 Å². The molecule has 1 heterocycles. The quantitative estimate of drug-likeness (QED) is 0.0986. The number of amides is 3. The summed E-state index contributed by atoms with van der Waals surface area (Å²) >= 11 is 2.69. The van der Waals surface area contributed by atoms with E-state index < -0.39 is 11.8 Å². The second kappa shape index (κ2) is 15.6. The van der Waals surface area contributed by atoms with Gasteiger partial charge in [0.25, 0.3) is 11.8 Å². The fourth-order valence-corrected chi connectivity index (χ4v) is 5.78. The SMILES string of the molecule is COc1ccc(/C=C(/NC(=O)c2ccccc2)C(=O)Nc2cccc(SCC(=O)Nc3nc(-c4ccccc4)cs3)c2)cc1OC. The van der Waals surface area contributed by atoms with Gasteiger partial charge in [0.1, 0.15) is 5.70 Å². The second-order valence-electron chi connectivity index (χ2n) is 9.72.